The quantitative estimate of drug-likeness (QED) is 0.648. The first-order valence-electron chi connectivity index (χ1n) is 5.02. The van der Waals surface area contributed by atoms with E-state index in [0.29, 0.717) is 0 Å². The van der Waals surface area contributed by atoms with Gasteiger partial charge in [-0.25, -0.2) is 0 Å². The van der Waals surface area contributed by atoms with Gasteiger partial charge in [0.05, 0.1) is 0 Å². The summed E-state index contributed by atoms with van der Waals surface area (Å²) in [5, 5.41) is 0. The fraction of sp³-hybridized carbons (Fsp3) is 0.385. The molecule has 0 radical (unpaired) electrons. The standard InChI is InChI=1S/C13H18/c1-4-11(3)10-13-8-6-12(5-2)7-9-13/h6-10H,4-5H2,1-3H3/b11-10+. The van der Waals surface area contributed by atoms with Crippen molar-refractivity contribution in [2.24, 2.45) is 0 Å². The number of hydrogen-bond donors (Lipinski definition) is 0. The van der Waals surface area contributed by atoms with Crippen LogP contribution in [0.3, 0.4) is 0 Å². The van der Waals surface area contributed by atoms with E-state index in [1.807, 2.05) is 0 Å². The number of allylic oxidation sites excluding steroid dienone is 1. The normalized spacial score (nSPS) is 11.8. The van der Waals surface area contributed by atoms with Gasteiger partial charge in [0.2, 0.25) is 0 Å². The lowest BCUT2D eigenvalue weighted by atomic mass is 10.1. The lowest BCUT2D eigenvalue weighted by molar-refractivity contribution is 1.11. The molecule has 0 fully saturated rings. The highest BCUT2D eigenvalue weighted by atomic mass is 14.0. The van der Waals surface area contributed by atoms with Crippen molar-refractivity contribution in [1.29, 1.82) is 0 Å². The first-order valence-corrected chi connectivity index (χ1v) is 5.02. The molecule has 0 aromatic heterocycles. The molecule has 0 nitrogen and oxygen atoms in total. The maximum atomic E-state index is 2.25. The molecule has 0 atom stereocenters. The lowest BCUT2D eigenvalue weighted by Crippen LogP contribution is -1.80. The van der Waals surface area contributed by atoms with Gasteiger partial charge < -0.3 is 0 Å². The Morgan fingerprint density at radius 3 is 2.23 bits per heavy atom. The first kappa shape index (κ1) is 10.0. The van der Waals surface area contributed by atoms with E-state index in [9.17, 15) is 0 Å². The molecule has 0 unspecified atom stereocenters. The van der Waals surface area contributed by atoms with E-state index in [0.717, 1.165) is 12.8 Å². The van der Waals surface area contributed by atoms with E-state index in [1.54, 1.807) is 0 Å². The molecule has 0 aliphatic carbocycles. The summed E-state index contributed by atoms with van der Waals surface area (Å²) in [6.45, 7) is 6.54. The molecular weight excluding hydrogens is 156 g/mol. The van der Waals surface area contributed by atoms with Crippen molar-refractivity contribution in [2.45, 2.75) is 33.6 Å². The number of benzene rings is 1. The lowest BCUT2D eigenvalue weighted by Gasteiger charge is -1.99. The second kappa shape index (κ2) is 4.86. The van der Waals surface area contributed by atoms with Gasteiger partial charge in [0.15, 0.2) is 0 Å². The summed E-state index contributed by atoms with van der Waals surface area (Å²) in [7, 11) is 0. The van der Waals surface area contributed by atoms with Crippen molar-refractivity contribution < 1.29 is 0 Å². The SMILES string of the molecule is CC/C(C)=C/c1ccc(CC)cc1. The van der Waals surface area contributed by atoms with Gasteiger partial charge in [0, 0.05) is 0 Å². The van der Waals surface area contributed by atoms with Crippen molar-refractivity contribution in [3.63, 3.8) is 0 Å². The minimum atomic E-state index is 1.12. The van der Waals surface area contributed by atoms with Crippen molar-refractivity contribution in [1.82, 2.24) is 0 Å². The third-order valence-electron chi connectivity index (χ3n) is 2.36. The Labute approximate surface area is 81.3 Å². The molecule has 0 aliphatic rings. The minimum Gasteiger partial charge on any atom is -0.0730 e. The highest BCUT2D eigenvalue weighted by Gasteiger charge is 1.90. The zero-order valence-corrected chi connectivity index (χ0v) is 8.80. The van der Waals surface area contributed by atoms with Crippen LogP contribution in [0.15, 0.2) is 29.8 Å². The van der Waals surface area contributed by atoms with Gasteiger partial charge in [-0.2, -0.15) is 0 Å². The van der Waals surface area contributed by atoms with Crippen molar-refractivity contribution in [3.8, 4) is 0 Å². The Bertz CT molecular complexity index is 277. The van der Waals surface area contributed by atoms with E-state index in [1.165, 1.54) is 16.7 Å². The Morgan fingerprint density at radius 2 is 1.77 bits per heavy atom. The first-order chi connectivity index (χ1) is 6.26. The Morgan fingerprint density at radius 1 is 1.15 bits per heavy atom. The predicted octanol–water partition coefficient (Wildman–Crippen LogP) is 4.06. The number of rotatable bonds is 3. The summed E-state index contributed by atoms with van der Waals surface area (Å²) in [5.41, 5.74) is 4.16. The Kier molecular flexibility index (Phi) is 3.75. The third kappa shape index (κ3) is 3.06. The molecule has 0 heterocycles. The van der Waals surface area contributed by atoms with Crippen LogP contribution in [0.2, 0.25) is 0 Å². The van der Waals surface area contributed by atoms with Gasteiger partial charge >= 0.3 is 0 Å². The molecule has 13 heavy (non-hydrogen) atoms. The largest absolute Gasteiger partial charge is 0.0730 e. The van der Waals surface area contributed by atoms with Crippen LogP contribution >= 0.6 is 0 Å². The van der Waals surface area contributed by atoms with Gasteiger partial charge in [0.25, 0.3) is 0 Å². The molecule has 0 N–H and O–H groups in total. The molecule has 70 valence electrons. The summed E-state index contributed by atoms with van der Waals surface area (Å²) in [4.78, 5) is 0. The van der Waals surface area contributed by atoms with Crippen LogP contribution in [0.5, 0.6) is 0 Å². The molecule has 1 aromatic carbocycles. The topological polar surface area (TPSA) is 0 Å². The van der Waals surface area contributed by atoms with Crippen LogP contribution in [0.1, 0.15) is 38.3 Å². The third-order valence-corrected chi connectivity index (χ3v) is 2.36. The number of aryl methyl sites for hydroxylation is 1. The zero-order valence-electron chi connectivity index (χ0n) is 8.80. The van der Waals surface area contributed by atoms with E-state index in [4.69, 9.17) is 0 Å². The Hall–Kier alpha value is -1.04. The number of hydrogen-bond acceptors (Lipinski definition) is 0. The summed E-state index contributed by atoms with van der Waals surface area (Å²) < 4.78 is 0. The van der Waals surface area contributed by atoms with Gasteiger partial charge in [0.1, 0.15) is 0 Å². The van der Waals surface area contributed by atoms with Crippen LogP contribution in [0.4, 0.5) is 0 Å². The molecule has 1 aromatic rings. The zero-order chi connectivity index (χ0) is 9.68. The smallest absolute Gasteiger partial charge is 0.0257 e. The average Bonchev–Trinajstić information content (AvgIpc) is 2.19. The van der Waals surface area contributed by atoms with Gasteiger partial charge in [-0.1, -0.05) is 49.8 Å². The van der Waals surface area contributed by atoms with Crippen LogP contribution in [-0.2, 0) is 6.42 Å². The highest BCUT2D eigenvalue weighted by molar-refractivity contribution is 5.52. The van der Waals surface area contributed by atoms with E-state index in [-0.39, 0.29) is 0 Å². The maximum Gasteiger partial charge on any atom is -0.0257 e. The minimum absolute atomic E-state index is 1.12. The molecule has 0 aliphatic heterocycles. The Balaban J connectivity index is 2.80. The highest BCUT2D eigenvalue weighted by Crippen LogP contribution is 2.10. The summed E-state index contributed by atoms with van der Waals surface area (Å²) >= 11 is 0. The summed E-state index contributed by atoms with van der Waals surface area (Å²) in [5.74, 6) is 0. The fourth-order valence-corrected chi connectivity index (χ4v) is 1.24. The fourth-order valence-electron chi connectivity index (χ4n) is 1.24. The molecule has 0 heteroatoms. The summed E-state index contributed by atoms with van der Waals surface area (Å²) in [6, 6.07) is 8.79. The van der Waals surface area contributed by atoms with Crippen LogP contribution in [0.25, 0.3) is 6.08 Å². The van der Waals surface area contributed by atoms with Crippen molar-refractivity contribution >= 4 is 6.08 Å². The van der Waals surface area contributed by atoms with Crippen LogP contribution in [0, 0.1) is 0 Å². The van der Waals surface area contributed by atoms with Gasteiger partial charge in [-0.05, 0) is 30.9 Å². The van der Waals surface area contributed by atoms with Gasteiger partial charge in [-0.15, -0.1) is 0 Å². The molecule has 0 saturated heterocycles. The maximum absolute atomic E-state index is 2.25. The van der Waals surface area contributed by atoms with Crippen LogP contribution < -0.4 is 0 Å². The second-order valence-electron chi connectivity index (χ2n) is 3.44. The summed E-state index contributed by atoms with van der Waals surface area (Å²) in [6.07, 6.45) is 4.51. The van der Waals surface area contributed by atoms with Crippen molar-refractivity contribution in [2.75, 3.05) is 0 Å². The van der Waals surface area contributed by atoms with E-state index >= 15 is 0 Å². The molecule has 1 rings (SSSR count). The molecule has 0 spiro atoms. The second-order valence-corrected chi connectivity index (χ2v) is 3.44. The predicted molar refractivity (Wildman–Crippen MR) is 59.8 cm³/mol. The van der Waals surface area contributed by atoms with Gasteiger partial charge in [-0.3, -0.25) is 0 Å². The molecule has 0 saturated carbocycles. The van der Waals surface area contributed by atoms with Crippen LogP contribution in [-0.4, -0.2) is 0 Å². The molecule has 0 bridgehead atoms. The molecular formula is C13H18. The van der Waals surface area contributed by atoms with E-state index < -0.39 is 0 Å². The monoisotopic (exact) mass is 174 g/mol. The van der Waals surface area contributed by atoms with E-state index in [2.05, 4.69) is 51.1 Å². The molecule has 0 amide bonds. The average molecular weight is 174 g/mol. The van der Waals surface area contributed by atoms with Crippen molar-refractivity contribution in [3.05, 3.63) is 41.0 Å².